The topological polar surface area (TPSA) is 74.8 Å². The maximum absolute atomic E-state index is 13.4. The molecular weight excluding hydrogens is 476 g/mol. The highest BCUT2D eigenvalue weighted by molar-refractivity contribution is 6.27. The fraction of sp³-hybridized carbons (Fsp3) is 0.500. The van der Waals surface area contributed by atoms with Crippen molar-refractivity contribution in [3.63, 3.8) is 0 Å². The van der Waals surface area contributed by atoms with Crippen molar-refractivity contribution in [1.29, 1.82) is 0 Å². The highest BCUT2D eigenvalue weighted by Gasteiger charge is 2.74. The van der Waals surface area contributed by atoms with Crippen molar-refractivity contribution < 1.29 is 19.2 Å². The van der Waals surface area contributed by atoms with Crippen LogP contribution in [-0.2, 0) is 24.6 Å². The van der Waals surface area contributed by atoms with E-state index in [1.54, 1.807) is 12.1 Å². The predicted octanol–water partition coefficient (Wildman–Crippen LogP) is 5.73. The Morgan fingerprint density at radius 1 is 0.579 bits per heavy atom. The lowest BCUT2D eigenvalue weighted by molar-refractivity contribution is -0.147. The number of carbonyl (C=O) groups is 4. The van der Waals surface area contributed by atoms with Crippen molar-refractivity contribution in [3.8, 4) is 11.1 Å². The molecule has 6 heteroatoms. The molecule has 2 aliphatic heterocycles. The van der Waals surface area contributed by atoms with E-state index < -0.39 is 29.2 Å². The molecule has 5 rings (SSSR count). The van der Waals surface area contributed by atoms with Crippen molar-refractivity contribution in [2.45, 2.75) is 78.2 Å². The van der Waals surface area contributed by atoms with E-state index in [-0.39, 0.29) is 29.0 Å². The van der Waals surface area contributed by atoms with E-state index in [1.165, 1.54) is 15.4 Å². The Bertz CT molecular complexity index is 1250. The first kappa shape index (κ1) is 26.3. The Labute approximate surface area is 225 Å². The molecular formula is C32H38N2O4. The Balaban J connectivity index is 1.36. The maximum Gasteiger partial charge on any atom is 0.238 e. The summed E-state index contributed by atoms with van der Waals surface area (Å²) in [6.07, 6.45) is 3.42. The summed E-state index contributed by atoms with van der Waals surface area (Å²) >= 11 is 0. The van der Waals surface area contributed by atoms with Crippen LogP contribution in [0.5, 0.6) is 0 Å². The summed E-state index contributed by atoms with van der Waals surface area (Å²) in [6, 6.07) is 16.0. The van der Waals surface area contributed by atoms with Gasteiger partial charge in [0.15, 0.2) is 0 Å². The van der Waals surface area contributed by atoms with Gasteiger partial charge in [-0.3, -0.25) is 29.0 Å². The van der Waals surface area contributed by atoms with E-state index in [4.69, 9.17) is 0 Å². The van der Waals surface area contributed by atoms with Crippen molar-refractivity contribution >= 4 is 29.3 Å². The summed E-state index contributed by atoms with van der Waals surface area (Å²) in [5.74, 6) is -4.25. The molecule has 200 valence electrons. The molecule has 2 heterocycles. The Hall–Kier alpha value is -3.28. The smallest absolute Gasteiger partial charge is 0.238 e. The quantitative estimate of drug-likeness (QED) is 0.422. The van der Waals surface area contributed by atoms with Crippen LogP contribution in [-0.4, -0.2) is 34.1 Å². The summed E-state index contributed by atoms with van der Waals surface area (Å²) in [5, 5.41) is 0. The van der Waals surface area contributed by atoms with Gasteiger partial charge in [0.05, 0.1) is 29.4 Å². The number of amides is 4. The lowest BCUT2D eigenvalue weighted by Crippen LogP contribution is -2.50. The molecule has 4 amide bonds. The zero-order valence-corrected chi connectivity index (χ0v) is 23.3. The van der Waals surface area contributed by atoms with Crippen LogP contribution in [0.15, 0.2) is 48.5 Å². The summed E-state index contributed by atoms with van der Waals surface area (Å²) in [6.45, 7) is 12.5. The number of hydrogen-bond acceptors (Lipinski definition) is 4. The molecule has 2 aromatic rings. The number of rotatable bonds is 8. The Morgan fingerprint density at radius 2 is 0.974 bits per heavy atom. The van der Waals surface area contributed by atoms with E-state index in [2.05, 4.69) is 45.0 Å². The summed E-state index contributed by atoms with van der Waals surface area (Å²) < 4.78 is 0. The highest BCUT2D eigenvalue weighted by Crippen LogP contribution is 2.58. The molecule has 2 saturated heterocycles. The number of carbonyl (C=O) groups excluding carboxylic acids is 4. The Kier molecular flexibility index (Phi) is 6.36. The van der Waals surface area contributed by atoms with E-state index in [9.17, 15) is 19.2 Å². The monoisotopic (exact) mass is 514 g/mol. The van der Waals surface area contributed by atoms with Gasteiger partial charge >= 0.3 is 0 Å². The molecule has 38 heavy (non-hydrogen) atoms. The second-order valence-corrected chi connectivity index (χ2v) is 11.7. The summed E-state index contributed by atoms with van der Waals surface area (Å²) in [5.41, 5.74) is 3.43. The lowest BCUT2D eigenvalue weighted by Gasteiger charge is -2.36. The second-order valence-electron chi connectivity index (χ2n) is 11.7. The zero-order chi connectivity index (χ0) is 27.6. The van der Waals surface area contributed by atoms with Crippen molar-refractivity contribution in [1.82, 2.24) is 4.90 Å². The van der Waals surface area contributed by atoms with Crippen LogP contribution in [0.3, 0.4) is 0 Å². The largest absolute Gasteiger partial charge is 0.276 e. The maximum atomic E-state index is 13.4. The molecule has 1 saturated carbocycles. The fourth-order valence-electron chi connectivity index (χ4n) is 6.67. The minimum Gasteiger partial charge on any atom is -0.276 e. The number of nitrogens with zero attached hydrogens (tertiary/aromatic N) is 2. The Morgan fingerprint density at radius 3 is 1.37 bits per heavy atom. The van der Waals surface area contributed by atoms with E-state index in [1.807, 2.05) is 32.9 Å². The number of fused-ring (bicyclic) bond motifs is 4. The van der Waals surface area contributed by atoms with Gasteiger partial charge < -0.3 is 0 Å². The molecule has 2 aromatic carbocycles. The second kappa shape index (κ2) is 9.18. The molecule has 1 aliphatic carbocycles. The molecule has 0 N–H and O–H groups in total. The summed E-state index contributed by atoms with van der Waals surface area (Å²) in [4.78, 5) is 56.1. The van der Waals surface area contributed by atoms with Gasteiger partial charge in [0, 0.05) is 5.54 Å². The van der Waals surface area contributed by atoms with Gasteiger partial charge in [-0.15, -0.1) is 0 Å². The zero-order valence-electron chi connectivity index (χ0n) is 23.3. The average Bonchev–Trinajstić information content (AvgIpc) is 3.26. The summed E-state index contributed by atoms with van der Waals surface area (Å²) in [7, 11) is 0. The van der Waals surface area contributed by atoms with Crippen LogP contribution in [0.25, 0.3) is 11.1 Å². The van der Waals surface area contributed by atoms with Crippen LogP contribution in [0.1, 0.15) is 72.8 Å². The first-order valence-corrected chi connectivity index (χ1v) is 14.0. The molecule has 0 spiro atoms. The molecule has 0 radical (unpaired) electrons. The third-order valence-electron chi connectivity index (χ3n) is 10.2. The van der Waals surface area contributed by atoms with Crippen molar-refractivity contribution in [2.24, 2.45) is 23.7 Å². The first-order valence-electron chi connectivity index (χ1n) is 14.0. The van der Waals surface area contributed by atoms with Gasteiger partial charge in [0.1, 0.15) is 0 Å². The van der Waals surface area contributed by atoms with Crippen molar-refractivity contribution in [3.05, 3.63) is 54.1 Å². The van der Waals surface area contributed by atoms with Gasteiger partial charge in [-0.1, -0.05) is 71.0 Å². The molecule has 4 atom stereocenters. The molecule has 0 bridgehead atoms. The van der Waals surface area contributed by atoms with Gasteiger partial charge in [0.25, 0.3) is 0 Å². The molecule has 3 aliphatic rings. The van der Waals surface area contributed by atoms with E-state index in [0.29, 0.717) is 18.5 Å². The normalized spacial score (nSPS) is 25.1. The predicted molar refractivity (Wildman–Crippen MR) is 147 cm³/mol. The highest BCUT2D eigenvalue weighted by atomic mass is 16.2. The van der Waals surface area contributed by atoms with Gasteiger partial charge in [0.2, 0.25) is 23.6 Å². The fourth-order valence-corrected chi connectivity index (χ4v) is 6.67. The lowest BCUT2D eigenvalue weighted by atomic mass is 9.59. The SMILES string of the molecule is CCC(C)(CC)c1ccc(-c2ccc(N3C(=O)C4C(C3=O)C3C(=O)N(C(C)(CC)CC)C(=O)C43)cc2)cc1. The molecule has 6 nitrogen and oxygen atoms in total. The van der Waals surface area contributed by atoms with Crippen LogP contribution in [0, 0.1) is 23.7 Å². The van der Waals surface area contributed by atoms with Gasteiger partial charge in [-0.2, -0.15) is 0 Å². The number of likely N-dealkylation sites (tertiary alicyclic amines) is 1. The van der Waals surface area contributed by atoms with Gasteiger partial charge in [-0.05, 0) is 66.8 Å². The van der Waals surface area contributed by atoms with E-state index >= 15 is 0 Å². The third-order valence-corrected chi connectivity index (χ3v) is 10.2. The van der Waals surface area contributed by atoms with E-state index in [0.717, 1.165) is 24.0 Å². The number of anilines is 1. The molecule has 3 fully saturated rings. The number of benzene rings is 2. The molecule has 4 unspecified atom stereocenters. The third kappa shape index (κ3) is 3.52. The minimum atomic E-state index is -0.745. The first-order chi connectivity index (χ1) is 18.1. The van der Waals surface area contributed by atoms with Crippen molar-refractivity contribution in [2.75, 3.05) is 4.90 Å². The standard InChI is InChI=1S/C32H38N2O4/c1-7-31(5,8-2)21-15-11-19(12-16-21)20-13-17-22(18-14-20)33-27(35)23-24(28(33)36)26-25(23)29(37)34(30(26)38)32(6,9-3)10-4/h11-18,23-26H,7-10H2,1-6H3. The van der Waals surface area contributed by atoms with Crippen LogP contribution >= 0.6 is 0 Å². The number of hydrogen-bond donors (Lipinski definition) is 0. The van der Waals surface area contributed by atoms with Crippen LogP contribution < -0.4 is 4.90 Å². The number of imide groups is 2. The van der Waals surface area contributed by atoms with Gasteiger partial charge in [-0.25, -0.2) is 0 Å². The average molecular weight is 515 g/mol. The molecule has 0 aromatic heterocycles. The van der Waals surface area contributed by atoms with Crippen LogP contribution in [0.2, 0.25) is 0 Å². The minimum absolute atomic E-state index is 0.155. The van der Waals surface area contributed by atoms with Crippen LogP contribution in [0.4, 0.5) is 5.69 Å².